The van der Waals surface area contributed by atoms with Gasteiger partial charge in [0.15, 0.2) is 6.29 Å². The van der Waals surface area contributed by atoms with Crippen molar-refractivity contribution >= 4 is 5.91 Å². The lowest BCUT2D eigenvalue weighted by Gasteiger charge is -2.40. The van der Waals surface area contributed by atoms with E-state index in [1.165, 1.54) is 321 Å². The van der Waals surface area contributed by atoms with Gasteiger partial charge in [-0.15, -0.1) is 0 Å². The van der Waals surface area contributed by atoms with Crippen LogP contribution in [0.5, 0.6) is 0 Å². The summed E-state index contributed by atoms with van der Waals surface area (Å²) < 4.78 is 11.3. The molecule has 6 N–H and O–H groups in total. The minimum absolute atomic E-state index is 0.178. The summed E-state index contributed by atoms with van der Waals surface area (Å²) in [6, 6.07) is -0.819. The molecule has 1 fully saturated rings. The van der Waals surface area contributed by atoms with Crippen LogP contribution in [-0.4, -0.2) is 87.5 Å². The number of hydrogen-bond donors (Lipinski definition) is 6. The molecule has 0 saturated carbocycles. The molecule has 9 heteroatoms. The Balaban J connectivity index is 2.02. The lowest BCUT2D eigenvalue weighted by molar-refractivity contribution is -0.302. The molecule has 1 aliphatic heterocycles. The van der Waals surface area contributed by atoms with Gasteiger partial charge in [-0.05, 0) is 32.1 Å². The molecule has 1 saturated heterocycles. The van der Waals surface area contributed by atoms with Crippen molar-refractivity contribution in [3.05, 3.63) is 24.3 Å². The summed E-state index contributed by atoms with van der Waals surface area (Å²) in [5, 5.41) is 54.6. The minimum Gasteiger partial charge on any atom is -0.394 e. The second-order valence-electron chi connectivity index (χ2n) is 25.7. The zero-order valence-electron chi connectivity index (χ0n) is 54.5. The standard InChI is InChI=1S/C73H141NO8/c1-3-5-7-9-11-13-15-17-19-21-23-24-25-26-27-28-29-30-31-32-33-34-35-36-37-38-39-40-41-42-43-44-45-47-49-51-53-55-57-59-61-63-69(77)74-66(65-81-73-72(80)71(79)70(78)68(64-75)82-73)67(76)62-60-58-56-54-52-50-48-46-22-20-18-16-14-12-10-8-6-4-2/h52,54,60,62,66-68,70-73,75-76,78-80H,3-51,53,55-59,61,63-65H2,1-2H3,(H,74,77)/b54-52+,62-60+. The number of amides is 1. The Morgan fingerprint density at radius 1 is 0.402 bits per heavy atom. The molecule has 9 nitrogen and oxygen atoms in total. The van der Waals surface area contributed by atoms with E-state index in [9.17, 15) is 30.3 Å². The number of allylic oxidation sites excluding steroid dienone is 3. The van der Waals surface area contributed by atoms with Crippen LogP contribution in [0, 0.1) is 0 Å². The van der Waals surface area contributed by atoms with E-state index in [4.69, 9.17) is 9.47 Å². The molecule has 0 radical (unpaired) electrons. The molecule has 486 valence electrons. The van der Waals surface area contributed by atoms with Crippen molar-refractivity contribution in [2.45, 2.75) is 423 Å². The van der Waals surface area contributed by atoms with Gasteiger partial charge >= 0.3 is 0 Å². The van der Waals surface area contributed by atoms with Crippen LogP contribution in [0.4, 0.5) is 0 Å². The first-order valence-corrected chi connectivity index (χ1v) is 36.6. The average Bonchev–Trinajstić information content (AvgIpc) is 3.52. The van der Waals surface area contributed by atoms with Gasteiger partial charge in [0.1, 0.15) is 24.4 Å². The largest absolute Gasteiger partial charge is 0.394 e. The van der Waals surface area contributed by atoms with Gasteiger partial charge in [0.2, 0.25) is 5.91 Å². The maximum absolute atomic E-state index is 13.1. The highest BCUT2D eigenvalue weighted by atomic mass is 16.7. The fraction of sp³-hybridized carbons (Fsp3) is 0.932. The van der Waals surface area contributed by atoms with E-state index in [0.29, 0.717) is 6.42 Å². The zero-order valence-corrected chi connectivity index (χ0v) is 54.5. The van der Waals surface area contributed by atoms with Crippen molar-refractivity contribution in [3.63, 3.8) is 0 Å². The minimum atomic E-state index is -1.57. The third-order valence-corrected chi connectivity index (χ3v) is 17.8. The van der Waals surface area contributed by atoms with Crippen molar-refractivity contribution in [2.24, 2.45) is 0 Å². The molecule has 0 aromatic rings. The number of carbonyl (C=O) groups is 1. The molecule has 0 spiro atoms. The summed E-state index contributed by atoms with van der Waals surface area (Å²) in [4.78, 5) is 13.1. The maximum Gasteiger partial charge on any atom is 0.220 e. The molecular weight excluding hydrogens is 1020 g/mol. The van der Waals surface area contributed by atoms with Gasteiger partial charge in [0.25, 0.3) is 0 Å². The van der Waals surface area contributed by atoms with Crippen LogP contribution in [0.3, 0.4) is 0 Å². The SMILES string of the molecule is CCCCCCCCCCCCCC/C=C/CC/C=C/C(O)C(COC1OC(CO)C(O)C(O)C1O)NC(=O)CCCCCCCCCCCCCCCCCCCCCCCCCCCCCCCCCCCCCCCCCCC. The van der Waals surface area contributed by atoms with Crippen LogP contribution in [0.1, 0.15) is 380 Å². The van der Waals surface area contributed by atoms with E-state index in [1.54, 1.807) is 6.08 Å². The van der Waals surface area contributed by atoms with Gasteiger partial charge in [-0.3, -0.25) is 4.79 Å². The van der Waals surface area contributed by atoms with Crippen LogP contribution in [0.15, 0.2) is 24.3 Å². The third-order valence-electron chi connectivity index (χ3n) is 17.8. The third kappa shape index (κ3) is 50.8. The Morgan fingerprint density at radius 2 is 0.695 bits per heavy atom. The Hall–Kier alpha value is -1.33. The predicted octanol–water partition coefficient (Wildman–Crippen LogP) is 20.0. The lowest BCUT2D eigenvalue weighted by atomic mass is 9.99. The molecule has 82 heavy (non-hydrogen) atoms. The van der Waals surface area contributed by atoms with Crippen molar-refractivity contribution in [1.29, 1.82) is 0 Å². The zero-order chi connectivity index (χ0) is 59.3. The van der Waals surface area contributed by atoms with Crippen molar-refractivity contribution < 1.29 is 39.8 Å². The van der Waals surface area contributed by atoms with Crippen LogP contribution >= 0.6 is 0 Å². The van der Waals surface area contributed by atoms with Gasteiger partial charge in [-0.25, -0.2) is 0 Å². The average molecular weight is 1160 g/mol. The van der Waals surface area contributed by atoms with Crippen molar-refractivity contribution in [1.82, 2.24) is 5.32 Å². The van der Waals surface area contributed by atoms with E-state index >= 15 is 0 Å². The monoisotopic (exact) mass is 1160 g/mol. The highest BCUT2D eigenvalue weighted by Crippen LogP contribution is 2.24. The lowest BCUT2D eigenvalue weighted by Crippen LogP contribution is -2.60. The highest BCUT2D eigenvalue weighted by Gasteiger charge is 2.44. The highest BCUT2D eigenvalue weighted by molar-refractivity contribution is 5.76. The molecule has 1 rings (SSSR count). The van der Waals surface area contributed by atoms with E-state index < -0.39 is 49.5 Å². The quantitative estimate of drug-likeness (QED) is 0.0261. The molecule has 0 aromatic carbocycles. The molecule has 7 unspecified atom stereocenters. The summed E-state index contributed by atoms with van der Waals surface area (Å²) in [5.74, 6) is -0.178. The van der Waals surface area contributed by atoms with E-state index in [0.717, 1.165) is 38.5 Å². The number of rotatable bonds is 65. The predicted molar refractivity (Wildman–Crippen MR) is 350 cm³/mol. The summed E-state index contributed by atoms with van der Waals surface area (Å²) in [6.45, 7) is 3.81. The topological polar surface area (TPSA) is 149 Å². The Morgan fingerprint density at radius 3 is 1.02 bits per heavy atom. The number of aliphatic hydroxyl groups is 5. The fourth-order valence-electron chi connectivity index (χ4n) is 12.1. The fourth-order valence-corrected chi connectivity index (χ4v) is 12.1. The Labute approximate surface area is 509 Å². The molecule has 1 aliphatic rings. The van der Waals surface area contributed by atoms with Crippen LogP contribution in [0.25, 0.3) is 0 Å². The molecule has 0 aliphatic carbocycles. The molecule has 7 atom stereocenters. The first-order chi connectivity index (χ1) is 40.3. The smallest absolute Gasteiger partial charge is 0.220 e. The first kappa shape index (κ1) is 78.7. The number of ether oxygens (including phenoxy) is 2. The van der Waals surface area contributed by atoms with Gasteiger partial charge < -0.3 is 40.3 Å². The van der Waals surface area contributed by atoms with Crippen LogP contribution in [-0.2, 0) is 14.3 Å². The summed E-state index contributed by atoms with van der Waals surface area (Å²) >= 11 is 0. The number of hydrogen-bond acceptors (Lipinski definition) is 8. The van der Waals surface area contributed by atoms with E-state index in [-0.39, 0.29) is 12.5 Å². The molecule has 0 bridgehead atoms. The number of nitrogens with one attached hydrogen (secondary N) is 1. The number of carbonyl (C=O) groups excluding carboxylic acids is 1. The van der Waals surface area contributed by atoms with Crippen molar-refractivity contribution in [2.75, 3.05) is 13.2 Å². The first-order valence-electron chi connectivity index (χ1n) is 36.6. The maximum atomic E-state index is 13.1. The van der Waals surface area contributed by atoms with Gasteiger partial charge in [-0.2, -0.15) is 0 Å². The van der Waals surface area contributed by atoms with Gasteiger partial charge in [-0.1, -0.05) is 366 Å². The van der Waals surface area contributed by atoms with E-state index in [2.05, 4.69) is 31.3 Å². The van der Waals surface area contributed by atoms with Gasteiger partial charge in [0, 0.05) is 6.42 Å². The molecular formula is C73H141NO8. The van der Waals surface area contributed by atoms with Crippen LogP contribution in [0.2, 0.25) is 0 Å². The molecule has 0 aromatic heterocycles. The summed E-state index contributed by atoms with van der Waals surface area (Å²) in [5.41, 5.74) is 0. The second-order valence-corrected chi connectivity index (χ2v) is 25.7. The molecule has 1 heterocycles. The normalized spacial score (nSPS) is 18.4. The summed E-state index contributed by atoms with van der Waals surface area (Å²) in [7, 11) is 0. The molecule has 1 amide bonds. The summed E-state index contributed by atoms with van der Waals surface area (Å²) in [6.07, 6.45) is 76.1. The van der Waals surface area contributed by atoms with Gasteiger partial charge in [0.05, 0.1) is 25.4 Å². The number of unbranched alkanes of at least 4 members (excludes halogenated alkanes) is 53. The van der Waals surface area contributed by atoms with E-state index in [1.807, 2.05) is 6.08 Å². The second kappa shape index (κ2) is 62.7. The number of aliphatic hydroxyl groups excluding tert-OH is 5. The van der Waals surface area contributed by atoms with Crippen molar-refractivity contribution in [3.8, 4) is 0 Å². The Bertz CT molecular complexity index is 1340. The van der Waals surface area contributed by atoms with Crippen LogP contribution < -0.4 is 5.32 Å². The Kier molecular flexibility index (Phi) is 60.2.